The van der Waals surface area contributed by atoms with Gasteiger partial charge in [-0.1, -0.05) is 32.4 Å². The Balaban J connectivity index is 1.73. The number of halogens is 3. The Morgan fingerprint density at radius 2 is 2.00 bits per heavy atom. The summed E-state index contributed by atoms with van der Waals surface area (Å²) >= 11 is 7.98. The number of amides is 1. The largest absolute Gasteiger partial charge is 0.494 e. The Morgan fingerprint density at radius 1 is 1.20 bits per heavy atom. The predicted octanol–water partition coefficient (Wildman–Crippen LogP) is 8.08. The summed E-state index contributed by atoms with van der Waals surface area (Å²) in [6, 6.07) is 9.61. The first-order valence-corrected chi connectivity index (χ1v) is 16.0. The zero-order valence-corrected chi connectivity index (χ0v) is 26.7. The lowest BCUT2D eigenvalue weighted by Gasteiger charge is -2.32. The molecule has 1 aliphatic heterocycles. The van der Waals surface area contributed by atoms with Crippen LogP contribution in [0, 0.1) is 11.8 Å². The zero-order valence-electron chi connectivity index (χ0n) is 25.1. The molecule has 0 spiro atoms. The molecule has 0 radical (unpaired) electrons. The van der Waals surface area contributed by atoms with Gasteiger partial charge in [-0.25, -0.2) is 13.8 Å². The lowest BCUT2D eigenvalue weighted by molar-refractivity contribution is 0.0681. The normalized spacial score (nSPS) is 15.3. The summed E-state index contributed by atoms with van der Waals surface area (Å²) in [7, 11) is 0. The minimum atomic E-state index is -2.68. The van der Waals surface area contributed by atoms with Gasteiger partial charge in [0, 0.05) is 42.0 Å². The Hall–Kier alpha value is -3.63. The average molecular weight is 641 g/mol. The quantitative estimate of drug-likeness (QED) is 0.185. The van der Waals surface area contributed by atoms with E-state index in [0.717, 1.165) is 12.8 Å². The molecule has 4 aromatic rings. The molecule has 0 aliphatic carbocycles. The van der Waals surface area contributed by atoms with Gasteiger partial charge in [0.25, 0.3) is 17.9 Å². The van der Waals surface area contributed by atoms with E-state index in [1.54, 1.807) is 34.2 Å². The number of alkyl halides is 2. The van der Waals surface area contributed by atoms with E-state index in [4.69, 9.17) is 21.3 Å². The maximum Gasteiger partial charge on any atom is 0.280 e. The Labute approximate surface area is 264 Å². The lowest BCUT2D eigenvalue weighted by atomic mass is 9.96. The van der Waals surface area contributed by atoms with Crippen molar-refractivity contribution in [2.24, 2.45) is 11.8 Å². The minimum absolute atomic E-state index is 0.127. The maximum atomic E-state index is 14.5. The van der Waals surface area contributed by atoms with Crippen molar-refractivity contribution in [1.82, 2.24) is 19.4 Å². The second kappa shape index (κ2) is 13.6. The summed E-state index contributed by atoms with van der Waals surface area (Å²) in [4.78, 5) is 39.1. The number of likely N-dealkylation sites (tertiary alicyclic amines) is 1. The molecule has 0 unspecified atom stereocenters. The summed E-state index contributed by atoms with van der Waals surface area (Å²) in [6.45, 7) is 9.80. The number of carbonyl (C=O) groups excluding carboxylic acids is 1. The topological polar surface area (TPSA) is 77.3 Å². The van der Waals surface area contributed by atoms with Crippen molar-refractivity contribution in [3.8, 4) is 33.3 Å². The number of rotatable bonds is 9. The predicted molar refractivity (Wildman–Crippen MR) is 170 cm³/mol. The van der Waals surface area contributed by atoms with E-state index < -0.39 is 6.43 Å². The van der Waals surface area contributed by atoms with Crippen LogP contribution in [-0.4, -0.2) is 45.0 Å². The van der Waals surface area contributed by atoms with Gasteiger partial charge >= 0.3 is 0 Å². The highest BCUT2D eigenvalue weighted by molar-refractivity contribution is 7.13. The number of nitrogens with zero attached hydrogens (tertiary/aromatic N) is 4. The Morgan fingerprint density at radius 3 is 2.66 bits per heavy atom. The molecule has 1 aromatic carbocycles. The number of thiazole rings is 1. The van der Waals surface area contributed by atoms with Crippen molar-refractivity contribution in [2.75, 3.05) is 19.7 Å². The SMILES string of the molecule is CCOc1ccc(Cl)c(-n2c(CC(C)C)c(C(=O)N3CCC[C@@H](C)C3)cc(-c3nc(-c4ccc(C(F)F)nc4)cs3)c2=O)c1. The molecule has 0 N–H and O–H groups in total. The van der Waals surface area contributed by atoms with Crippen LogP contribution in [-0.2, 0) is 6.42 Å². The number of pyridine rings is 2. The van der Waals surface area contributed by atoms with Crippen LogP contribution in [0.4, 0.5) is 8.78 Å². The fourth-order valence-electron chi connectivity index (χ4n) is 5.51. The van der Waals surface area contributed by atoms with Gasteiger partial charge in [0.1, 0.15) is 16.5 Å². The van der Waals surface area contributed by atoms with Crippen LogP contribution in [0.2, 0.25) is 5.02 Å². The first-order chi connectivity index (χ1) is 21.1. The number of hydrogen-bond acceptors (Lipinski definition) is 6. The van der Waals surface area contributed by atoms with Crippen LogP contribution in [0.25, 0.3) is 27.5 Å². The van der Waals surface area contributed by atoms with E-state index in [2.05, 4.69) is 11.9 Å². The van der Waals surface area contributed by atoms with E-state index >= 15 is 0 Å². The van der Waals surface area contributed by atoms with E-state index in [1.165, 1.54) is 29.7 Å². The van der Waals surface area contributed by atoms with Gasteiger partial charge in [0.2, 0.25) is 0 Å². The molecule has 232 valence electrons. The molecule has 11 heteroatoms. The molecule has 5 rings (SSSR count). The number of piperidine rings is 1. The third-order valence-corrected chi connectivity index (χ3v) is 8.78. The lowest BCUT2D eigenvalue weighted by Crippen LogP contribution is -2.40. The molecule has 0 bridgehead atoms. The molecule has 1 aliphatic rings. The molecule has 1 amide bonds. The summed E-state index contributed by atoms with van der Waals surface area (Å²) in [5, 5.41) is 2.48. The number of carbonyl (C=O) groups is 1. The second-order valence-corrected chi connectivity index (χ2v) is 12.8. The summed E-state index contributed by atoms with van der Waals surface area (Å²) < 4.78 is 33.4. The van der Waals surface area contributed by atoms with Crippen molar-refractivity contribution < 1.29 is 18.3 Å². The van der Waals surface area contributed by atoms with Crippen LogP contribution in [0.3, 0.4) is 0 Å². The highest BCUT2D eigenvalue weighted by Crippen LogP contribution is 2.33. The Kier molecular flexibility index (Phi) is 9.80. The number of hydrogen-bond donors (Lipinski definition) is 0. The van der Waals surface area contributed by atoms with E-state index in [-0.39, 0.29) is 28.6 Å². The molecule has 4 heterocycles. The van der Waals surface area contributed by atoms with Crippen LogP contribution >= 0.6 is 22.9 Å². The van der Waals surface area contributed by atoms with Gasteiger partial charge in [0.15, 0.2) is 0 Å². The molecular weight excluding hydrogens is 606 g/mol. The van der Waals surface area contributed by atoms with Crippen LogP contribution in [0.15, 0.2) is 52.8 Å². The van der Waals surface area contributed by atoms with Crippen molar-refractivity contribution in [2.45, 2.75) is 53.4 Å². The van der Waals surface area contributed by atoms with E-state index in [1.807, 2.05) is 25.7 Å². The highest BCUT2D eigenvalue weighted by Gasteiger charge is 2.29. The smallest absolute Gasteiger partial charge is 0.280 e. The van der Waals surface area contributed by atoms with Crippen molar-refractivity contribution >= 4 is 28.8 Å². The standard InChI is InChI=1S/C33H35ClF2N4O3S/c1-5-43-22-9-10-25(34)29(14-22)40-28(13-19(2)3)23(32(41)39-12-6-7-20(4)17-39)15-24(33(40)42)31-38-27(18-44-31)21-8-11-26(30(35)36)37-16-21/h8-11,14-16,18-20,30H,5-7,12-13,17H2,1-4H3/t20-/m1/s1. The summed E-state index contributed by atoms with van der Waals surface area (Å²) in [5.74, 6) is 0.912. The summed E-state index contributed by atoms with van der Waals surface area (Å²) in [5.41, 5.74) is 2.02. The van der Waals surface area contributed by atoms with Gasteiger partial charge in [0.05, 0.1) is 34.1 Å². The minimum Gasteiger partial charge on any atom is -0.494 e. The van der Waals surface area contributed by atoms with Gasteiger partial charge in [-0.3, -0.25) is 19.1 Å². The number of benzene rings is 1. The first kappa shape index (κ1) is 31.8. The van der Waals surface area contributed by atoms with E-state index in [0.29, 0.717) is 76.0 Å². The molecule has 1 saturated heterocycles. The molecule has 0 saturated carbocycles. The fraction of sp³-hybridized carbons (Fsp3) is 0.394. The monoisotopic (exact) mass is 640 g/mol. The van der Waals surface area contributed by atoms with Crippen LogP contribution in [0.1, 0.15) is 68.7 Å². The van der Waals surface area contributed by atoms with E-state index in [9.17, 15) is 18.4 Å². The van der Waals surface area contributed by atoms with Gasteiger partial charge in [-0.2, -0.15) is 0 Å². The average Bonchev–Trinajstić information content (AvgIpc) is 3.48. The summed E-state index contributed by atoms with van der Waals surface area (Å²) in [6.07, 6.45) is 1.10. The zero-order chi connectivity index (χ0) is 31.5. The van der Waals surface area contributed by atoms with Crippen molar-refractivity contribution in [3.63, 3.8) is 0 Å². The van der Waals surface area contributed by atoms with Crippen LogP contribution < -0.4 is 10.3 Å². The van der Waals surface area contributed by atoms with Crippen molar-refractivity contribution in [3.05, 3.63) is 80.3 Å². The number of aromatic nitrogens is 3. The first-order valence-electron chi connectivity index (χ1n) is 14.8. The van der Waals surface area contributed by atoms with Crippen molar-refractivity contribution in [1.29, 1.82) is 0 Å². The molecule has 1 atom stereocenters. The molecular formula is C33H35ClF2N4O3S. The molecule has 1 fully saturated rings. The second-order valence-electron chi connectivity index (χ2n) is 11.5. The molecule has 7 nitrogen and oxygen atoms in total. The number of ether oxygens (including phenoxy) is 1. The fourth-order valence-corrected chi connectivity index (χ4v) is 6.55. The third kappa shape index (κ3) is 6.71. The van der Waals surface area contributed by atoms with Gasteiger partial charge in [-0.05, 0) is 68.4 Å². The molecule has 3 aromatic heterocycles. The van der Waals surface area contributed by atoms with Gasteiger partial charge in [-0.15, -0.1) is 11.3 Å². The highest BCUT2D eigenvalue weighted by atomic mass is 35.5. The van der Waals surface area contributed by atoms with Gasteiger partial charge < -0.3 is 9.64 Å². The Bertz CT molecular complexity index is 1700. The maximum absolute atomic E-state index is 14.5. The third-order valence-electron chi connectivity index (χ3n) is 7.59. The van der Waals surface area contributed by atoms with Crippen LogP contribution in [0.5, 0.6) is 5.75 Å². The molecule has 44 heavy (non-hydrogen) atoms.